The first kappa shape index (κ1) is 39.7. The molecular weight excluding hydrogens is 656 g/mol. The van der Waals surface area contributed by atoms with Crippen LogP contribution in [-0.4, -0.2) is 50.4 Å². The van der Waals surface area contributed by atoms with E-state index in [2.05, 4.69) is 53.9 Å². The van der Waals surface area contributed by atoms with Gasteiger partial charge in [-0.3, -0.25) is 0 Å². The average molecular weight is 719 g/mol. The van der Waals surface area contributed by atoms with Crippen LogP contribution in [0.3, 0.4) is 0 Å². The van der Waals surface area contributed by atoms with Crippen LogP contribution < -0.4 is 9.47 Å². The molecule has 0 radical (unpaired) electrons. The quantitative estimate of drug-likeness (QED) is 0.0517. The molecule has 4 unspecified atom stereocenters. The molecule has 52 heavy (non-hydrogen) atoms. The van der Waals surface area contributed by atoms with Crippen molar-refractivity contribution in [1.29, 1.82) is 0 Å². The molecule has 0 aromatic heterocycles. The maximum Gasteiger partial charge on any atom is 0.338 e. The smallest absolute Gasteiger partial charge is 0.338 e. The molecule has 3 saturated carbocycles. The van der Waals surface area contributed by atoms with E-state index in [1.807, 2.05) is 0 Å². The number of carbonyl (C=O) groups is 3. The van der Waals surface area contributed by atoms with Crippen LogP contribution in [0.15, 0.2) is 55.2 Å². The highest BCUT2D eigenvalue weighted by Crippen LogP contribution is 2.67. The van der Waals surface area contributed by atoms with Gasteiger partial charge < -0.3 is 23.7 Å². The lowest BCUT2D eigenvalue weighted by atomic mass is 9.47. The van der Waals surface area contributed by atoms with Crippen LogP contribution in [0.5, 0.6) is 11.5 Å². The highest BCUT2D eigenvalue weighted by atomic mass is 16.6. The Kier molecular flexibility index (Phi) is 13.4. The Bertz CT molecular complexity index is 1480. The van der Waals surface area contributed by atoms with Gasteiger partial charge in [0.1, 0.15) is 32.5 Å². The predicted molar refractivity (Wildman–Crippen MR) is 202 cm³/mol. The molecule has 4 aliphatic rings. The van der Waals surface area contributed by atoms with Gasteiger partial charge in [-0.2, -0.15) is 0 Å². The van der Waals surface area contributed by atoms with Crippen molar-refractivity contribution in [3.63, 3.8) is 0 Å². The Morgan fingerprint density at radius 3 is 2.21 bits per heavy atom. The minimum Gasteiger partial charge on any atom is -0.486 e. The molecule has 8 atom stereocenters. The van der Waals surface area contributed by atoms with E-state index in [0.29, 0.717) is 28.4 Å². The van der Waals surface area contributed by atoms with Gasteiger partial charge in [-0.1, -0.05) is 78.7 Å². The van der Waals surface area contributed by atoms with Gasteiger partial charge in [0, 0.05) is 18.6 Å². The van der Waals surface area contributed by atoms with Crippen molar-refractivity contribution in [2.75, 3.05) is 26.4 Å². The largest absolute Gasteiger partial charge is 0.486 e. The lowest BCUT2D eigenvalue weighted by molar-refractivity contribution is -0.139. The lowest BCUT2D eigenvalue weighted by Crippen LogP contribution is -2.51. The summed E-state index contributed by atoms with van der Waals surface area (Å²) in [5.41, 5.74) is 2.46. The van der Waals surface area contributed by atoms with Crippen LogP contribution in [0.2, 0.25) is 0 Å². The third kappa shape index (κ3) is 8.97. The Labute approximate surface area is 311 Å². The highest BCUT2D eigenvalue weighted by molar-refractivity contribution is 5.90. The van der Waals surface area contributed by atoms with E-state index in [1.165, 1.54) is 50.5 Å². The Morgan fingerprint density at radius 1 is 0.846 bits per heavy atom. The van der Waals surface area contributed by atoms with Crippen LogP contribution in [0.25, 0.3) is 0 Å². The minimum absolute atomic E-state index is 0.00808. The standard InChI is InChI=1S/C44H62O8/c1-8-40(45)50-25-23-48-38-18-13-31(27-39(38)49-24-26-51-41(46)9-2)42(47)52-33-19-21-43(6)32(28-33)14-15-34-36-17-16-35(30(5)12-10-11-29(3)4)44(36,7)22-20-37(34)43/h8-9,13-14,18,27,29-30,33-37H,1-2,10-12,15-17,19-26,28H2,3-7H3/t30-,33?,34?,35-,36?,37?,43+,44-/m1/s1. The second-order valence-corrected chi connectivity index (χ2v) is 16.7. The van der Waals surface area contributed by atoms with E-state index < -0.39 is 17.9 Å². The monoisotopic (exact) mass is 718 g/mol. The van der Waals surface area contributed by atoms with Gasteiger partial charge in [-0.25, -0.2) is 14.4 Å². The molecule has 1 aromatic carbocycles. The molecule has 286 valence electrons. The van der Waals surface area contributed by atoms with Crippen LogP contribution in [0.4, 0.5) is 0 Å². The zero-order chi connectivity index (χ0) is 37.5. The van der Waals surface area contributed by atoms with Crippen molar-refractivity contribution < 1.29 is 38.1 Å². The van der Waals surface area contributed by atoms with E-state index in [0.717, 1.165) is 67.4 Å². The highest BCUT2D eigenvalue weighted by Gasteiger charge is 2.59. The molecule has 5 rings (SSSR count). The summed E-state index contributed by atoms with van der Waals surface area (Å²) in [7, 11) is 0. The third-order valence-electron chi connectivity index (χ3n) is 13.2. The summed E-state index contributed by atoms with van der Waals surface area (Å²) in [6, 6.07) is 4.86. The second-order valence-electron chi connectivity index (χ2n) is 16.7. The zero-order valence-corrected chi connectivity index (χ0v) is 32.3. The topological polar surface area (TPSA) is 97.4 Å². The van der Waals surface area contributed by atoms with Crippen LogP contribution in [0, 0.1) is 46.3 Å². The number of rotatable bonds is 17. The number of fused-ring (bicyclic) bond motifs is 5. The molecule has 0 N–H and O–H groups in total. The van der Waals surface area contributed by atoms with Gasteiger partial charge in [0.15, 0.2) is 11.5 Å². The van der Waals surface area contributed by atoms with Gasteiger partial charge in [0.25, 0.3) is 0 Å². The third-order valence-corrected chi connectivity index (χ3v) is 13.2. The SMILES string of the molecule is C=CC(=O)OCCOc1ccc(C(=O)OC2CC[C@@]3(C)C(=CCC4C3CC[C@@]3(C)C4CC[C@@H]3[C@H](C)CCCC(C)C)C2)cc1OCCOC(=O)C=C. The van der Waals surface area contributed by atoms with Crippen molar-refractivity contribution in [2.45, 2.75) is 111 Å². The second kappa shape index (κ2) is 17.5. The van der Waals surface area contributed by atoms with Crippen molar-refractivity contribution in [3.8, 4) is 11.5 Å². The van der Waals surface area contributed by atoms with E-state index in [9.17, 15) is 14.4 Å². The summed E-state index contributed by atoms with van der Waals surface area (Å²) in [4.78, 5) is 36.4. The summed E-state index contributed by atoms with van der Waals surface area (Å²) < 4.78 is 27.8. The molecule has 0 bridgehead atoms. The molecule has 1 aromatic rings. The fraction of sp³-hybridized carbons (Fsp3) is 0.659. The van der Waals surface area contributed by atoms with E-state index in [-0.39, 0.29) is 37.9 Å². The fourth-order valence-electron chi connectivity index (χ4n) is 10.5. The summed E-state index contributed by atoms with van der Waals surface area (Å²) in [5, 5.41) is 0. The lowest BCUT2D eigenvalue weighted by Gasteiger charge is -2.58. The van der Waals surface area contributed by atoms with Crippen LogP contribution >= 0.6 is 0 Å². The van der Waals surface area contributed by atoms with Gasteiger partial charge in [0.2, 0.25) is 0 Å². The van der Waals surface area contributed by atoms with Crippen LogP contribution in [0.1, 0.15) is 116 Å². The number of hydrogen-bond acceptors (Lipinski definition) is 8. The van der Waals surface area contributed by atoms with E-state index >= 15 is 0 Å². The number of benzene rings is 1. The molecule has 0 aliphatic heterocycles. The summed E-state index contributed by atoms with van der Waals surface area (Å²) in [6.45, 7) is 19.3. The minimum atomic E-state index is -0.555. The summed E-state index contributed by atoms with van der Waals surface area (Å²) in [6.07, 6.45) is 17.9. The molecule has 3 fully saturated rings. The van der Waals surface area contributed by atoms with Gasteiger partial charge in [-0.15, -0.1) is 0 Å². The van der Waals surface area contributed by atoms with Crippen molar-refractivity contribution >= 4 is 17.9 Å². The van der Waals surface area contributed by atoms with Gasteiger partial charge >= 0.3 is 17.9 Å². The van der Waals surface area contributed by atoms with Crippen LogP contribution in [-0.2, 0) is 23.8 Å². The first-order valence-electron chi connectivity index (χ1n) is 19.8. The first-order valence-corrected chi connectivity index (χ1v) is 19.8. The Balaban J connectivity index is 1.21. The maximum absolute atomic E-state index is 13.5. The molecular formula is C44H62O8. The number of carbonyl (C=O) groups excluding carboxylic acids is 3. The number of allylic oxidation sites excluding steroid dienone is 1. The zero-order valence-electron chi connectivity index (χ0n) is 32.3. The Hall–Kier alpha value is -3.55. The molecule has 8 nitrogen and oxygen atoms in total. The molecule has 8 heteroatoms. The molecule has 0 heterocycles. The maximum atomic E-state index is 13.5. The number of ether oxygens (including phenoxy) is 5. The normalized spacial score (nSPS) is 29.7. The molecule has 0 spiro atoms. The van der Waals surface area contributed by atoms with E-state index in [4.69, 9.17) is 23.7 Å². The number of hydrogen-bond donors (Lipinski definition) is 0. The molecule has 0 amide bonds. The van der Waals surface area contributed by atoms with E-state index in [1.54, 1.807) is 18.2 Å². The van der Waals surface area contributed by atoms with Gasteiger partial charge in [0.05, 0.1) is 5.56 Å². The predicted octanol–water partition coefficient (Wildman–Crippen LogP) is 9.47. The number of esters is 3. The van der Waals surface area contributed by atoms with Crippen molar-refractivity contribution in [1.82, 2.24) is 0 Å². The van der Waals surface area contributed by atoms with Crippen molar-refractivity contribution in [2.24, 2.45) is 46.3 Å². The molecule has 0 saturated heterocycles. The molecule has 4 aliphatic carbocycles. The van der Waals surface area contributed by atoms with Crippen molar-refractivity contribution in [3.05, 3.63) is 60.7 Å². The van der Waals surface area contributed by atoms with Gasteiger partial charge in [-0.05, 0) is 109 Å². The Morgan fingerprint density at radius 2 is 1.54 bits per heavy atom. The average Bonchev–Trinajstić information content (AvgIpc) is 3.49. The fourth-order valence-corrected chi connectivity index (χ4v) is 10.5. The first-order chi connectivity index (χ1) is 24.9. The summed E-state index contributed by atoms with van der Waals surface area (Å²) >= 11 is 0. The summed E-state index contributed by atoms with van der Waals surface area (Å²) in [5.74, 6) is 3.86.